The summed E-state index contributed by atoms with van der Waals surface area (Å²) in [6, 6.07) is 9.10. The molecular formula is C24H31N5O3. The molecule has 2 aromatic rings. The van der Waals surface area contributed by atoms with Crippen LogP contribution in [0.4, 0.5) is 5.69 Å². The summed E-state index contributed by atoms with van der Waals surface area (Å²) in [4.78, 5) is 40.6. The van der Waals surface area contributed by atoms with E-state index in [1.807, 2.05) is 31.2 Å². The van der Waals surface area contributed by atoms with E-state index in [0.717, 1.165) is 31.2 Å². The Balaban J connectivity index is 1.53. The van der Waals surface area contributed by atoms with Gasteiger partial charge in [0.25, 0.3) is 11.8 Å². The van der Waals surface area contributed by atoms with Crippen molar-refractivity contribution < 1.29 is 14.4 Å². The number of anilines is 1. The van der Waals surface area contributed by atoms with Crippen molar-refractivity contribution in [2.75, 3.05) is 12.4 Å². The number of amides is 3. The Kier molecular flexibility index (Phi) is 6.04. The largest absolute Gasteiger partial charge is 0.351 e. The molecule has 0 spiro atoms. The van der Waals surface area contributed by atoms with E-state index >= 15 is 0 Å². The molecule has 8 nitrogen and oxygen atoms in total. The lowest BCUT2D eigenvalue weighted by atomic mass is 9.95. The average molecular weight is 438 g/mol. The van der Waals surface area contributed by atoms with Crippen LogP contribution in [0.25, 0.3) is 0 Å². The highest BCUT2D eigenvalue weighted by Gasteiger charge is 2.46. The van der Waals surface area contributed by atoms with Crippen molar-refractivity contribution in [1.82, 2.24) is 20.0 Å². The number of para-hydroxylation sites is 1. The van der Waals surface area contributed by atoms with Crippen LogP contribution < -0.4 is 10.6 Å². The van der Waals surface area contributed by atoms with Crippen LogP contribution in [-0.4, -0.2) is 51.0 Å². The number of carbonyl (C=O) groups is 3. The summed E-state index contributed by atoms with van der Waals surface area (Å²) in [5.74, 6) is -0.884. The number of nitrogens with zero attached hydrogens (tertiary/aromatic N) is 3. The van der Waals surface area contributed by atoms with Gasteiger partial charge in [-0.25, -0.2) is 0 Å². The zero-order chi connectivity index (χ0) is 22.9. The Morgan fingerprint density at radius 3 is 2.50 bits per heavy atom. The van der Waals surface area contributed by atoms with Crippen molar-refractivity contribution in [3.05, 3.63) is 47.3 Å². The van der Waals surface area contributed by atoms with Gasteiger partial charge in [-0.1, -0.05) is 43.9 Å². The number of aryl methyl sites for hydroxylation is 1. The van der Waals surface area contributed by atoms with Gasteiger partial charge in [-0.15, -0.1) is 0 Å². The van der Waals surface area contributed by atoms with Crippen molar-refractivity contribution >= 4 is 23.4 Å². The maximum Gasteiger partial charge on any atom is 0.276 e. The van der Waals surface area contributed by atoms with Crippen LogP contribution in [0.3, 0.4) is 0 Å². The third kappa shape index (κ3) is 4.13. The third-order valence-electron chi connectivity index (χ3n) is 6.81. The van der Waals surface area contributed by atoms with Gasteiger partial charge in [-0.3, -0.25) is 19.1 Å². The first-order chi connectivity index (χ1) is 15.3. The second kappa shape index (κ2) is 8.76. The molecule has 1 aromatic heterocycles. The first-order valence-corrected chi connectivity index (χ1v) is 11.3. The molecule has 1 aliphatic carbocycles. The molecule has 0 saturated heterocycles. The van der Waals surface area contributed by atoms with Gasteiger partial charge in [0, 0.05) is 24.8 Å². The van der Waals surface area contributed by atoms with Gasteiger partial charge < -0.3 is 15.5 Å². The number of fused-ring (bicyclic) bond motifs is 1. The van der Waals surface area contributed by atoms with E-state index < -0.39 is 5.54 Å². The van der Waals surface area contributed by atoms with Crippen molar-refractivity contribution in [2.45, 2.75) is 70.5 Å². The first kappa shape index (κ1) is 22.0. The van der Waals surface area contributed by atoms with Crippen LogP contribution in [0.2, 0.25) is 0 Å². The minimum absolute atomic E-state index is 0.139. The van der Waals surface area contributed by atoms with E-state index in [0.29, 0.717) is 11.4 Å². The number of nitrogens with one attached hydrogen (secondary N) is 2. The van der Waals surface area contributed by atoms with E-state index in [1.54, 1.807) is 14.0 Å². The maximum atomic E-state index is 13.3. The molecule has 1 atom stereocenters. The summed E-state index contributed by atoms with van der Waals surface area (Å²) in [7, 11) is 1.64. The summed E-state index contributed by atoms with van der Waals surface area (Å²) in [6.07, 6.45) is 6.56. The molecule has 8 heteroatoms. The number of carbonyl (C=O) groups excluding carboxylic acids is 3. The molecule has 2 heterocycles. The zero-order valence-corrected chi connectivity index (χ0v) is 19.0. The topological polar surface area (TPSA) is 96.3 Å². The number of aromatic nitrogens is 2. The fourth-order valence-electron chi connectivity index (χ4n) is 4.50. The van der Waals surface area contributed by atoms with Crippen molar-refractivity contribution in [1.29, 1.82) is 0 Å². The molecule has 0 bridgehead atoms. The Hall–Kier alpha value is -3.16. The average Bonchev–Trinajstić information content (AvgIpc) is 3.02. The van der Waals surface area contributed by atoms with Crippen LogP contribution in [0.5, 0.6) is 0 Å². The number of rotatable bonds is 4. The quantitative estimate of drug-likeness (QED) is 0.719. The third-order valence-corrected chi connectivity index (χ3v) is 6.81. The normalized spacial score (nSPS) is 21.6. The van der Waals surface area contributed by atoms with Gasteiger partial charge in [-0.05, 0) is 38.3 Å². The number of likely N-dealkylation sites (N-methyl/N-ethyl adjacent to an activating group) is 1. The SMILES string of the molecule is Cc1ccccc1NC(=O)c1cc2n(n1)C[C@@](C)(C(=O)NC1CCCCCC1)N(C)C2=O. The van der Waals surface area contributed by atoms with Crippen LogP contribution in [0.15, 0.2) is 30.3 Å². The number of hydrogen-bond donors (Lipinski definition) is 2. The number of hydrogen-bond acceptors (Lipinski definition) is 4. The molecule has 32 heavy (non-hydrogen) atoms. The second-order valence-corrected chi connectivity index (χ2v) is 9.14. The molecule has 1 aliphatic heterocycles. The zero-order valence-electron chi connectivity index (χ0n) is 19.0. The van der Waals surface area contributed by atoms with E-state index in [4.69, 9.17) is 0 Å². The highest BCUT2D eigenvalue weighted by atomic mass is 16.2. The molecule has 0 radical (unpaired) electrons. The molecular weight excluding hydrogens is 406 g/mol. The summed E-state index contributed by atoms with van der Waals surface area (Å²) in [5.41, 5.74) is 1.01. The molecule has 2 aliphatic rings. The van der Waals surface area contributed by atoms with Crippen LogP contribution in [0, 0.1) is 6.92 Å². The standard InChI is InChI=1S/C24H31N5O3/c1-16-10-8-9-13-18(16)26-21(30)19-14-20-22(31)28(3)24(2,15-29(20)27-19)23(32)25-17-11-6-4-5-7-12-17/h8-10,13-14,17H,4-7,11-12,15H2,1-3H3,(H,25,32)(H,26,30)/t24-/m0/s1. The molecule has 0 unspecified atom stereocenters. The monoisotopic (exact) mass is 437 g/mol. The summed E-state index contributed by atoms with van der Waals surface area (Å²) in [5, 5.41) is 10.4. The lowest BCUT2D eigenvalue weighted by Crippen LogP contribution is -2.63. The van der Waals surface area contributed by atoms with Gasteiger partial charge in [-0.2, -0.15) is 5.10 Å². The lowest BCUT2D eigenvalue weighted by molar-refractivity contribution is -0.133. The van der Waals surface area contributed by atoms with Crippen LogP contribution in [0.1, 0.15) is 72.0 Å². The first-order valence-electron chi connectivity index (χ1n) is 11.3. The predicted molar refractivity (Wildman–Crippen MR) is 121 cm³/mol. The minimum Gasteiger partial charge on any atom is -0.351 e. The number of benzene rings is 1. The predicted octanol–water partition coefficient (Wildman–Crippen LogP) is 3.13. The summed E-state index contributed by atoms with van der Waals surface area (Å²) in [6.45, 7) is 3.86. The maximum absolute atomic E-state index is 13.3. The van der Waals surface area contributed by atoms with E-state index in [9.17, 15) is 14.4 Å². The van der Waals surface area contributed by atoms with Crippen LogP contribution in [-0.2, 0) is 11.3 Å². The summed E-state index contributed by atoms with van der Waals surface area (Å²) >= 11 is 0. The van der Waals surface area contributed by atoms with Crippen LogP contribution >= 0.6 is 0 Å². The fourth-order valence-corrected chi connectivity index (χ4v) is 4.50. The highest BCUT2D eigenvalue weighted by Crippen LogP contribution is 2.27. The van der Waals surface area contributed by atoms with E-state index in [-0.39, 0.29) is 36.0 Å². The molecule has 3 amide bonds. The molecule has 1 aromatic carbocycles. The summed E-state index contributed by atoms with van der Waals surface area (Å²) < 4.78 is 1.49. The lowest BCUT2D eigenvalue weighted by Gasteiger charge is -2.41. The van der Waals surface area contributed by atoms with Gasteiger partial charge >= 0.3 is 0 Å². The minimum atomic E-state index is -1.08. The highest BCUT2D eigenvalue weighted by molar-refractivity contribution is 6.06. The Morgan fingerprint density at radius 1 is 1.12 bits per heavy atom. The van der Waals surface area contributed by atoms with Gasteiger partial charge in [0.15, 0.2) is 5.69 Å². The molecule has 170 valence electrons. The van der Waals surface area contributed by atoms with Crippen molar-refractivity contribution in [3.63, 3.8) is 0 Å². The molecule has 1 saturated carbocycles. The van der Waals surface area contributed by atoms with Gasteiger partial charge in [0.05, 0.1) is 6.54 Å². The van der Waals surface area contributed by atoms with E-state index in [2.05, 4.69) is 15.7 Å². The Labute approximate surface area is 188 Å². The second-order valence-electron chi connectivity index (χ2n) is 9.14. The van der Waals surface area contributed by atoms with Gasteiger partial charge in [0.2, 0.25) is 5.91 Å². The molecule has 4 rings (SSSR count). The molecule has 2 N–H and O–H groups in total. The Morgan fingerprint density at radius 2 is 1.81 bits per heavy atom. The molecule has 1 fully saturated rings. The van der Waals surface area contributed by atoms with Crippen molar-refractivity contribution in [3.8, 4) is 0 Å². The van der Waals surface area contributed by atoms with E-state index in [1.165, 1.54) is 28.5 Å². The Bertz CT molecular complexity index is 1040. The van der Waals surface area contributed by atoms with Crippen molar-refractivity contribution in [2.24, 2.45) is 0 Å². The van der Waals surface area contributed by atoms with Gasteiger partial charge in [0.1, 0.15) is 11.2 Å². The fraction of sp³-hybridized carbons (Fsp3) is 0.500. The smallest absolute Gasteiger partial charge is 0.276 e.